The minimum Gasteiger partial charge on any atom is -0.341 e. The van der Waals surface area contributed by atoms with E-state index in [1.54, 1.807) is 22.7 Å². The maximum Gasteiger partial charge on any atom is 0.219 e. The second-order valence-corrected chi connectivity index (χ2v) is 11.4. The molecule has 0 saturated heterocycles. The van der Waals surface area contributed by atoms with Crippen LogP contribution in [0.1, 0.15) is 0 Å². The Morgan fingerprint density at radius 3 is 1.32 bits per heavy atom. The molecule has 12 heteroatoms. The van der Waals surface area contributed by atoms with Crippen LogP contribution in [0.25, 0.3) is 50.3 Å². The highest BCUT2D eigenvalue weighted by Crippen LogP contribution is 2.53. The van der Waals surface area contributed by atoms with E-state index >= 15 is 0 Å². The van der Waals surface area contributed by atoms with Crippen LogP contribution in [-0.2, 0) is 14.1 Å². The largest absolute Gasteiger partial charge is 0.341 e. The Bertz CT molecular complexity index is 1900. The van der Waals surface area contributed by atoms with Crippen LogP contribution in [0.15, 0.2) is 22.1 Å². The van der Waals surface area contributed by atoms with Crippen LogP contribution in [0.3, 0.4) is 0 Å². The maximum absolute atomic E-state index is 9.02. The number of rotatable bonds is 2. The van der Waals surface area contributed by atoms with Gasteiger partial charge in [0.15, 0.2) is 0 Å². The molecule has 0 aromatic carbocycles. The SMILES string of the molecule is Cn1c2cc(N=C(C#N)C#N)sc2c2sc3c(sc4c5sc(N=C(C#N)C#N)cc5n(C)c43)c21. The molecule has 0 atom stereocenters. The summed E-state index contributed by atoms with van der Waals surface area (Å²) in [6.07, 6.45) is 0. The van der Waals surface area contributed by atoms with Crippen molar-refractivity contribution in [2.45, 2.75) is 0 Å². The van der Waals surface area contributed by atoms with E-state index in [0.29, 0.717) is 10.0 Å². The van der Waals surface area contributed by atoms with E-state index in [-0.39, 0.29) is 11.4 Å². The molecule has 0 aliphatic carbocycles. The van der Waals surface area contributed by atoms with Crippen molar-refractivity contribution in [2.75, 3.05) is 0 Å². The van der Waals surface area contributed by atoms with Gasteiger partial charge in [-0.25, -0.2) is 9.98 Å². The molecule has 6 rings (SSSR count). The number of fused-ring (bicyclic) bond motifs is 9. The highest BCUT2D eigenvalue weighted by atomic mass is 32.1. The lowest BCUT2D eigenvalue weighted by molar-refractivity contribution is 1.02. The number of hydrogen-bond acceptors (Lipinski definition) is 10. The lowest BCUT2D eigenvalue weighted by Crippen LogP contribution is -1.86. The van der Waals surface area contributed by atoms with Crippen LogP contribution in [0.2, 0.25) is 0 Å². The molecular weight excluding hydrogens is 505 g/mol. The Kier molecular flexibility index (Phi) is 4.37. The smallest absolute Gasteiger partial charge is 0.219 e. The average Bonchev–Trinajstić information content (AvgIpc) is 3.63. The maximum atomic E-state index is 9.02. The van der Waals surface area contributed by atoms with Gasteiger partial charge in [0.2, 0.25) is 11.4 Å². The third kappa shape index (κ3) is 2.63. The van der Waals surface area contributed by atoms with Gasteiger partial charge < -0.3 is 9.13 Å². The Morgan fingerprint density at radius 1 is 0.618 bits per heavy atom. The van der Waals surface area contributed by atoms with Gasteiger partial charge in [0.25, 0.3) is 0 Å². The first-order valence-corrected chi connectivity index (χ1v) is 12.9. The molecule has 0 radical (unpaired) electrons. The number of hydrogen-bond donors (Lipinski definition) is 0. The van der Waals surface area contributed by atoms with E-state index in [1.807, 2.05) is 50.5 Å². The number of aromatic nitrogens is 2. The predicted molar refractivity (Wildman–Crippen MR) is 140 cm³/mol. The molecule has 0 aliphatic heterocycles. The Hall–Kier alpha value is -4.04. The van der Waals surface area contributed by atoms with Crippen LogP contribution >= 0.6 is 45.3 Å². The van der Waals surface area contributed by atoms with Gasteiger partial charge in [-0.3, -0.25) is 0 Å². The van der Waals surface area contributed by atoms with Gasteiger partial charge >= 0.3 is 0 Å². The van der Waals surface area contributed by atoms with Crippen LogP contribution in [0.5, 0.6) is 0 Å². The van der Waals surface area contributed by atoms with Gasteiger partial charge in [-0.2, -0.15) is 21.0 Å². The molecule has 34 heavy (non-hydrogen) atoms. The molecule has 0 fully saturated rings. The number of aliphatic imine (C=N–C) groups is 2. The number of aryl methyl sites for hydroxylation is 2. The molecule has 0 bridgehead atoms. The van der Waals surface area contributed by atoms with Crippen molar-refractivity contribution >= 4 is 117 Å². The monoisotopic (exact) mass is 512 g/mol. The van der Waals surface area contributed by atoms with E-state index in [1.165, 1.54) is 41.5 Å². The second-order valence-electron chi connectivity index (χ2n) is 7.30. The summed E-state index contributed by atoms with van der Waals surface area (Å²) in [4.78, 5) is 8.35. The first-order chi connectivity index (χ1) is 16.5. The zero-order valence-electron chi connectivity index (χ0n) is 17.4. The summed E-state index contributed by atoms with van der Waals surface area (Å²) in [5.74, 6) is 0. The zero-order valence-corrected chi connectivity index (χ0v) is 20.6. The Labute approximate surface area is 207 Å². The molecule has 8 nitrogen and oxygen atoms in total. The van der Waals surface area contributed by atoms with Gasteiger partial charge in [0, 0.05) is 14.1 Å². The summed E-state index contributed by atoms with van der Waals surface area (Å²) in [5, 5.41) is 37.4. The van der Waals surface area contributed by atoms with E-state index in [9.17, 15) is 0 Å². The molecule has 0 unspecified atom stereocenters. The minimum absolute atomic E-state index is 0.152. The van der Waals surface area contributed by atoms with Gasteiger partial charge in [-0.1, -0.05) is 0 Å². The molecule has 6 aromatic heterocycles. The van der Waals surface area contributed by atoms with Gasteiger partial charge in [0.05, 0.1) is 50.3 Å². The third-order valence-electron chi connectivity index (χ3n) is 5.55. The van der Waals surface area contributed by atoms with Gasteiger partial charge in [0.1, 0.15) is 34.3 Å². The molecule has 0 amide bonds. The topological polar surface area (TPSA) is 130 Å². The molecule has 6 heterocycles. The van der Waals surface area contributed by atoms with Gasteiger partial charge in [-0.05, 0) is 12.1 Å². The highest BCUT2D eigenvalue weighted by molar-refractivity contribution is 7.40. The van der Waals surface area contributed by atoms with Crippen molar-refractivity contribution in [1.82, 2.24) is 9.13 Å². The van der Waals surface area contributed by atoms with E-state index in [2.05, 4.69) is 19.1 Å². The van der Waals surface area contributed by atoms with E-state index in [4.69, 9.17) is 21.0 Å². The minimum atomic E-state index is -0.152. The summed E-state index contributed by atoms with van der Waals surface area (Å²) in [6, 6.07) is 11.1. The third-order valence-corrected chi connectivity index (χ3v) is 10.4. The second kappa shape index (κ2) is 7.23. The quantitative estimate of drug-likeness (QED) is 0.241. The highest BCUT2D eigenvalue weighted by Gasteiger charge is 2.24. The number of nitriles is 4. The van der Waals surface area contributed by atoms with Crippen molar-refractivity contribution in [3.05, 3.63) is 12.1 Å². The fourth-order valence-corrected chi connectivity index (χ4v) is 9.53. The number of thiophene rings is 4. The summed E-state index contributed by atoms with van der Waals surface area (Å²) in [6.45, 7) is 0. The normalized spacial score (nSPS) is 11.1. The standard InChI is InChI=1S/C22H8N8S4/c1-29-11-3-13(27-9(5-23)6-24)31-17(11)19-15(29)21-22(33-19)16-20(34-21)18-12(30(16)2)4-14(32-18)28-10(7-25)8-26/h3-4H,1-2H3. The Balaban J connectivity index is 1.61. The average molecular weight is 513 g/mol. The van der Waals surface area contributed by atoms with Crippen molar-refractivity contribution < 1.29 is 0 Å². The molecule has 0 spiro atoms. The van der Waals surface area contributed by atoms with Crippen molar-refractivity contribution in [3.8, 4) is 24.3 Å². The van der Waals surface area contributed by atoms with Crippen molar-refractivity contribution in [3.63, 3.8) is 0 Å². The summed E-state index contributed by atoms with van der Waals surface area (Å²) < 4.78 is 11.3. The molecule has 0 N–H and O–H groups in total. The zero-order chi connectivity index (χ0) is 23.7. The first kappa shape index (κ1) is 20.6. The van der Waals surface area contributed by atoms with E-state index in [0.717, 1.165) is 31.5 Å². The number of nitrogens with zero attached hydrogens (tertiary/aromatic N) is 8. The molecular formula is C22H8N8S4. The lowest BCUT2D eigenvalue weighted by atomic mass is 10.4. The lowest BCUT2D eigenvalue weighted by Gasteiger charge is -1.95. The fourth-order valence-electron chi connectivity index (χ4n) is 4.11. The van der Waals surface area contributed by atoms with Crippen molar-refractivity contribution in [2.24, 2.45) is 24.1 Å². The van der Waals surface area contributed by atoms with Crippen LogP contribution in [0, 0.1) is 45.3 Å². The molecule has 0 saturated carbocycles. The Morgan fingerprint density at radius 2 is 0.971 bits per heavy atom. The molecule has 6 aromatic rings. The molecule has 160 valence electrons. The summed E-state index contributed by atoms with van der Waals surface area (Å²) in [7, 11) is 4.05. The molecule has 0 aliphatic rings. The van der Waals surface area contributed by atoms with E-state index < -0.39 is 0 Å². The fraction of sp³-hybridized carbons (Fsp3) is 0.0909. The van der Waals surface area contributed by atoms with Crippen LogP contribution in [0.4, 0.5) is 10.0 Å². The summed E-state index contributed by atoms with van der Waals surface area (Å²) in [5.41, 5.74) is 4.08. The van der Waals surface area contributed by atoms with Crippen molar-refractivity contribution in [1.29, 1.82) is 21.0 Å². The van der Waals surface area contributed by atoms with Crippen LogP contribution < -0.4 is 0 Å². The van der Waals surface area contributed by atoms with Crippen LogP contribution in [-0.4, -0.2) is 20.6 Å². The predicted octanol–water partition coefficient (Wildman–Crippen LogP) is 6.61. The summed E-state index contributed by atoms with van der Waals surface area (Å²) >= 11 is 6.45. The first-order valence-electron chi connectivity index (χ1n) is 9.62. The van der Waals surface area contributed by atoms with Gasteiger partial charge in [-0.15, -0.1) is 45.3 Å².